The smallest absolute Gasteiger partial charge is 0.227 e. The largest absolute Gasteiger partial charge is 0.393 e. The molecule has 0 spiro atoms. The minimum Gasteiger partial charge on any atom is -0.393 e. The Kier molecular flexibility index (Phi) is 7.50. The predicted molar refractivity (Wildman–Crippen MR) is 126 cm³/mol. The second kappa shape index (κ2) is 10.3. The predicted octanol–water partition coefficient (Wildman–Crippen LogP) is 4.73. The summed E-state index contributed by atoms with van der Waals surface area (Å²) in [6, 6.07) is 19.6. The highest BCUT2D eigenvalue weighted by Crippen LogP contribution is 2.26. The molecule has 7 heteroatoms. The summed E-state index contributed by atoms with van der Waals surface area (Å²) in [6.45, 7) is 3.61. The van der Waals surface area contributed by atoms with Gasteiger partial charge in [-0.05, 0) is 55.7 Å². The van der Waals surface area contributed by atoms with E-state index in [0.717, 1.165) is 17.5 Å². The quantitative estimate of drug-likeness (QED) is 0.407. The fourth-order valence-electron chi connectivity index (χ4n) is 3.22. The van der Waals surface area contributed by atoms with E-state index in [1.54, 1.807) is 19.1 Å². The van der Waals surface area contributed by atoms with Crippen LogP contribution in [0.15, 0.2) is 60.7 Å². The Balaban J connectivity index is 1.80. The van der Waals surface area contributed by atoms with Crippen LogP contribution in [0.3, 0.4) is 0 Å². The van der Waals surface area contributed by atoms with Crippen molar-refractivity contribution in [3.8, 4) is 0 Å². The number of nitrogens with one attached hydrogen (secondary N) is 2. The summed E-state index contributed by atoms with van der Waals surface area (Å²) in [6.07, 6.45) is 0.00307. The van der Waals surface area contributed by atoms with E-state index < -0.39 is 6.10 Å². The number of aryl methyl sites for hydroxylation is 1. The van der Waals surface area contributed by atoms with Gasteiger partial charge in [0.25, 0.3) is 0 Å². The Hall–Kier alpha value is -3.09. The van der Waals surface area contributed by atoms with Crippen molar-refractivity contribution in [2.75, 3.05) is 16.4 Å². The van der Waals surface area contributed by atoms with Crippen molar-refractivity contribution in [2.24, 2.45) is 0 Å². The Morgan fingerprint density at radius 2 is 1.77 bits per heavy atom. The number of amides is 1. The molecule has 3 rings (SSSR count). The van der Waals surface area contributed by atoms with E-state index in [1.165, 1.54) is 5.56 Å². The van der Waals surface area contributed by atoms with Crippen LogP contribution < -0.4 is 16.4 Å². The molecule has 0 saturated heterocycles. The molecule has 0 aliphatic rings. The van der Waals surface area contributed by atoms with Gasteiger partial charge in [-0.25, -0.2) is 4.98 Å². The van der Waals surface area contributed by atoms with Crippen molar-refractivity contribution in [1.29, 1.82) is 0 Å². The van der Waals surface area contributed by atoms with Gasteiger partial charge in [0.2, 0.25) is 5.91 Å². The number of nitrogens with two attached hydrogens (primary N) is 1. The van der Waals surface area contributed by atoms with Crippen LogP contribution in [0.4, 0.5) is 17.3 Å². The molecule has 31 heavy (non-hydrogen) atoms. The van der Waals surface area contributed by atoms with E-state index in [2.05, 4.69) is 46.8 Å². The zero-order valence-corrected chi connectivity index (χ0v) is 18.4. The van der Waals surface area contributed by atoms with Crippen molar-refractivity contribution >= 4 is 34.8 Å². The average molecular weight is 439 g/mol. The third-order valence-corrected chi connectivity index (χ3v) is 5.09. The van der Waals surface area contributed by atoms with Gasteiger partial charge >= 0.3 is 0 Å². The summed E-state index contributed by atoms with van der Waals surface area (Å²) in [5, 5.41) is 16.2. The number of nitrogens with zero attached hydrogens (tertiary/aromatic N) is 1. The molecule has 1 aromatic heterocycles. The molecule has 0 radical (unpaired) electrons. The first kappa shape index (κ1) is 22.6. The van der Waals surface area contributed by atoms with Crippen molar-refractivity contribution in [2.45, 2.75) is 38.8 Å². The Labute approximate surface area is 187 Å². The van der Waals surface area contributed by atoms with E-state index in [1.807, 2.05) is 24.3 Å². The molecule has 2 aromatic carbocycles. The molecule has 1 amide bonds. The SMILES string of the molecule is Cc1ccc(C(Cc2ccc(Cl)cc2)Nc2ccc(NC(=O)CC(C)O)c(N)n2)cc1. The average Bonchev–Trinajstić information content (AvgIpc) is 2.71. The molecule has 2 atom stereocenters. The molecule has 6 nitrogen and oxygen atoms in total. The van der Waals surface area contributed by atoms with Gasteiger partial charge in [-0.3, -0.25) is 4.79 Å². The monoisotopic (exact) mass is 438 g/mol. The summed E-state index contributed by atoms with van der Waals surface area (Å²) in [4.78, 5) is 16.3. The molecule has 0 aliphatic carbocycles. The van der Waals surface area contributed by atoms with E-state index >= 15 is 0 Å². The number of carbonyl (C=O) groups is 1. The minimum atomic E-state index is -0.724. The lowest BCUT2D eigenvalue weighted by atomic mass is 9.98. The number of aromatic nitrogens is 1. The lowest BCUT2D eigenvalue weighted by Gasteiger charge is -2.21. The molecule has 0 bridgehead atoms. The summed E-state index contributed by atoms with van der Waals surface area (Å²) < 4.78 is 0. The van der Waals surface area contributed by atoms with Crippen LogP contribution in [0.25, 0.3) is 0 Å². The number of benzene rings is 2. The standard InChI is InChI=1S/C24H27ClN4O2/c1-15-3-7-18(8-4-15)21(14-17-5-9-19(25)10-6-17)27-22-12-11-20(24(26)29-22)28-23(31)13-16(2)30/h3-12,16,21,30H,13-14H2,1-2H3,(H,28,31)(H3,26,27,29). The molecule has 162 valence electrons. The third kappa shape index (κ3) is 6.70. The van der Waals surface area contributed by atoms with Crippen LogP contribution in [0, 0.1) is 6.92 Å². The summed E-state index contributed by atoms with van der Waals surface area (Å²) in [5.41, 5.74) is 9.92. The second-order valence-corrected chi connectivity index (χ2v) is 8.11. The van der Waals surface area contributed by atoms with Gasteiger partial charge in [0.15, 0.2) is 0 Å². The van der Waals surface area contributed by atoms with Crippen molar-refractivity contribution < 1.29 is 9.90 Å². The zero-order valence-electron chi connectivity index (χ0n) is 17.6. The Morgan fingerprint density at radius 1 is 1.10 bits per heavy atom. The topological polar surface area (TPSA) is 100 Å². The number of anilines is 3. The number of rotatable bonds is 8. The fraction of sp³-hybridized carbons (Fsp3) is 0.250. The number of aliphatic hydroxyl groups is 1. The maximum atomic E-state index is 11.9. The number of hydrogen-bond donors (Lipinski definition) is 4. The Morgan fingerprint density at radius 3 is 2.39 bits per heavy atom. The third-order valence-electron chi connectivity index (χ3n) is 4.83. The molecule has 0 saturated carbocycles. The van der Waals surface area contributed by atoms with Gasteiger partial charge in [0, 0.05) is 5.02 Å². The molecular formula is C24H27ClN4O2. The van der Waals surface area contributed by atoms with Gasteiger partial charge in [-0.15, -0.1) is 0 Å². The van der Waals surface area contributed by atoms with Gasteiger partial charge < -0.3 is 21.5 Å². The first-order valence-electron chi connectivity index (χ1n) is 10.1. The maximum Gasteiger partial charge on any atom is 0.227 e. The molecule has 3 aromatic rings. The molecule has 5 N–H and O–H groups in total. The van der Waals surface area contributed by atoms with E-state index in [9.17, 15) is 9.90 Å². The van der Waals surface area contributed by atoms with Crippen molar-refractivity contribution in [3.63, 3.8) is 0 Å². The first-order valence-corrected chi connectivity index (χ1v) is 10.5. The van der Waals surface area contributed by atoms with Gasteiger partial charge in [-0.1, -0.05) is 53.6 Å². The zero-order chi connectivity index (χ0) is 22.4. The first-order chi connectivity index (χ1) is 14.8. The number of hydrogen-bond acceptors (Lipinski definition) is 5. The van der Waals surface area contributed by atoms with Crippen LogP contribution in [-0.4, -0.2) is 22.1 Å². The number of carbonyl (C=O) groups excluding carboxylic acids is 1. The fourth-order valence-corrected chi connectivity index (χ4v) is 3.34. The minimum absolute atomic E-state index is 0.00394. The number of pyridine rings is 1. The second-order valence-electron chi connectivity index (χ2n) is 7.67. The van der Waals surface area contributed by atoms with Crippen molar-refractivity contribution in [3.05, 3.63) is 82.4 Å². The van der Waals surface area contributed by atoms with Crippen LogP contribution in [0.5, 0.6) is 0 Å². The summed E-state index contributed by atoms with van der Waals surface area (Å²) >= 11 is 6.03. The molecule has 0 fully saturated rings. The number of halogens is 1. The van der Waals surface area contributed by atoms with Gasteiger partial charge in [-0.2, -0.15) is 0 Å². The normalized spacial score (nSPS) is 12.8. The van der Waals surface area contributed by atoms with Crippen LogP contribution in [0.2, 0.25) is 5.02 Å². The van der Waals surface area contributed by atoms with Gasteiger partial charge in [0.1, 0.15) is 11.6 Å². The highest BCUT2D eigenvalue weighted by molar-refractivity contribution is 6.30. The maximum absolute atomic E-state index is 11.9. The molecule has 0 aliphatic heterocycles. The lowest BCUT2D eigenvalue weighted by Crippen LogP contribution is -2.19. The number of nitrogen functional groups attached to an aromatic ring is 1. The molecule has 1 heterocycles. The van der Waals surface area contributed by atoms with Crippen molar-refractivity contribution in [1.82, 2.24) is 4.98 Å². The lowest BCUT2D eigenvalue weighted by molar-refractivity contribution is -0.117. The highest BCUT2D eigenvalue weighted by Gasteiger charge is 2.15. The number of aliphatic hydroxyl groups excluding tert-OH is 1. The van der Waals surface area contributed by atoms with E-state index in [-0.39, 0.29) is 24.2 Å². The summed E-state index contributed by atoms with van der Waals surface area (Å²) in [7, 11) is 0. The van der Waals surface area contributed by atoms with Crippen LogP contribution in [0.1, 0.15) is 36.1 Å². The van der Waals surface area contributed by atoms with Crippen LogP contribution >= 0.6 is 11.6 Å². The summed E-state index contributed by atoms with van der Waals surface area (Å²) in [5.74, 6) is 0.494. The molecule has 2 unspecified atom stereocenters. The molecular weight excluding hydrogens is 412 g/mol. The highest BCUT2D eigenvalue weighted by atomic mass is 35.5. The van der Waals surface area contributed by atoms with Gasteiger partial charge in [0.05, 0.1) is 24.3 Å². The Bertz CT molecular complexity index is 1020. The van der Waals surface area contributed by atoms with E-state index in [0.29, 0.717) is 16.5 Å². The van der Waals surface area contributed by atoms with Crippen LogP contribution in [-0.2, 0) is 11.2 Å². The van der Waals surface area contributed by atoms with E-state index in [4.69, 9.17) is 17.3 Å².